The number of likely N-dealkylation sites (tertiary alicyclic amines) is 1. The van der Waals surface area contributed by atoms with Crippen molar-refractivity contribution in [1.29, 1.82) is 0 Å². The van der Waals surface area contributed by atoms with Crippen LogP contribution in [0.3, 0.4) is 0 Å². The first-order valence-electron chi connectivity index (χ1n) is 10.9. The third-order valence-electron chi connectivity index (χ3n) is 6.36. The van der Waals surface area contributed by atoms with Crippen LogP contribution in [0.5, 0.6) is 0 Å². The Hall–Kier alpha value is -2.26. The molecule has 168 valence electrons. The van der Waals surface area contributed by atoms with Crippen molar-refractivity contribution in [2.45, 2.75) is 56.8 Å². The maximum absolute atomic E-state index is 12.8. The average molecular weight is 447 g/mol. The van der Waals surface area contributed by atoms with Crippen molar-refractivity contribution in [2.75, 3.05) is 26.2 Å². The van der Waals surface area contributed by atoms with Gasteiger partial charge < -0.3 is 9.42 Å². The second kappa shape index (κ2) is 8.70. The van der Waals surface area contributed by atoms with Gasteiger partial charge in [0.25, 0.3) is 0 Å². The van der Waals surface area contributed by atoms with E-state index in [1.54, 1.807) is 19.1 Å². The Labute approximate surface area is 183 Å². The van der Waals surface area contributed by atoms with Crippen LogP contribution in [0.25, 0.3) is 0 Å². The summed E-state index contributed by atoms with van der Waals surface area (Å²) >= 11 is 0. The molecule has 2 fully saturated rings. The van der Waals surface area contributed by atoms with Crippen LogP contribution in [-0.2, 0) is 21.2 Å². The van der Waals surface area contributed by atoms with E-state index in [2.05, 4.69) is 24.0 Å². The highest BCUT2D eigenvalue weighted by atomic mass is 32.2. The van der Waals surface area contributed by atoms with Crippen LogP contribution in [0.1, 0.15) is 62.7 Å². The summed E-state index contributed by atoms with van der Waals surface area (Å²) in [6, 6.07) is 7.16. The molecule has 0 unspecified atom stereocenters. The SMILES string of the molecule is CC(=O)N1CCC(c2noc(CC3CN(S(=O)(=O)c4ccc(C(C)C)cc4)C3)n2)CC1. The topological polar surface area (TPSA) is 96.6 Å². The molecule has 0 spiro atoms. The number of hydrogen-bond donors (Lipinski definition) is 0. The molecule has 0 atom stereocenters. The molecule has 3 heterocycles. The largest absolute Gasteiger partial charge is 0.343 e. The first-order valence-corrected chi connectivity index (χ1v) is 12.4. The van der Waals surface area contributed by atoms with E-state index < -0.39 is 10.0 Å². The van der Waals surface area contributed by atoms with Crippen LogP contribution >= 0.6 is 0 Å². The lowest BCUT2D eigenvalue weighted by atomic mass is 9.96. The monoisotopic (exact) mass is 446 g/mol. The molecule has 0 aliphatic carbocycles. The Kier molecular flexibility index (Phi) is 6.16. The van der Waals surface area contributed by atoms with E-state index in [4.69, 9.17) is 4.52 Å². The fourth-order valence-corrected chi connectivity index (χ4v) is 5.83. The molecule has 0 bridgehead atoms. The van der Waals surface area contributed by atoms with E-state index >= 15 is 0 Å². The Bertz CT molecular complexity index is 1020. The van der Waals surface area contributed by atoms with Gasteiger partial charge in [-0.1, -0.05) is 31.1 Å². The van der Waals surface area contributed by atoms with Crippen LogP contribution in [0, 0.1) is 5.92 Å². The number of nitrogens with zero attached hydrogens (tertiary/aromatic N) is 4. The third-order valence-corrected chi connectivity index (χ3v) is 8.21. The summed E-state index contributed by atoms with van der Waals surface area (Å²) in [6.07, 6.45) is 2.25. The van der Waals surface area contributed by atoms with Gasteiger partial charge in [0.15, 0.2) is 5.82 Å². The van der Waals surface area contributed by atoms with Gasteiger partial charge in [-0.15, -0.1) is 0 Å². The average Bonchev–Trinajstić information content (AvgIpc) is 3.19. The molecule has 1 aromatic carbocycles. The summed E-state index contributed by atoms with van der Waals surface area (Å²) in [5, 5.41) is 4.14. The Balaban J connectivity index is 1.30. The molecule has 0 saturated carbocycles. The van der Waals surface area contributed by atoms with Crippen molar-refractivity contribution in [3.63, 3.8) is 0 Å². The Morgan fingerprint density at radius 1 is 1.16 bits per heavy atom. The van der Waals surface area contributed by atoms with Crippen molar-refractivity contribution in [1.82, 2.24) is 19.3 Å². The fourth-order valence-electron chi connectivity index (χ4n) is 4.24. The zero-order valence-electron chi connectivity index (χ0n) is 18.3. The summed E-state index contributed by atoms with van der Waals surface area (Å²) in [4.78, 5) is 18.2. The number of hydrogen-bond acceptors (Lipinski definition) is 6. The molecule has 9 heteroatoms. The summed E-state index contributed by atoms with van der Waals surface area (Å²) in [6.45, 7) is 8.12. The number of carbonyl (C=O) groups is 1. The van der Waals surface area contributed by atoms with Crippen molar-refractivity contribution >= 4 is 15.9 Å². The number of carbonyl (C=O) groups excluding carboxylic acids is 1. The predicted octanol–water partition coefficient (Wildman–Crippen LogP) is 2.78. The molecule has 1 amide bonds. The van der Waals surface area contributed by atoms with Gasteiger partial charge in [-0.25, -0.2) is 8.42 Å². The Morgan fingerprint density at radius 3 is 2.39 bits per heavy atom. The van der Waals surface area contributed by atoms with Gasteiger partial charge in [0.2, 0.25) is 21.8 Å². The van der Waals surface area contributed by atoms with Gasteiger partial charge in [0.05, 0.1) is 4.90 Å². The van der Waals surface area contributed by atoms with Gasteiger partial charge >= 0.3 is 0 Å². The van der Waals surface area contributed by atoms with Crippen molar-refractivity contribution in [3.05, 3.63) is 41.5 Å². The van der Waals surface area contributed by atoms with E-state index in [0.717, 1.165) is 31.5 Å². The third kappa shape index (κ3) is 4.67. The molecule has 2 aromatic rings. The molecule has 2 saturated heterocycles. The molecule has 8 nitrogen and oxygen atoms in total. The zero-order chi connectivity index (χ0) is 22.2. The van der Waals surface area contributed by atoms with Crippen molar-refractivity contribution < 1.29 is 17.7 Å². The first-order chi connectivity index (χ1) is 14.7. The maximum Gasteiger partial charge on any atom is 0.243 e. The zero-order valence-corrected chi connectivity index (χ0v) is 19.1. The van der Waals surface area contributed by atoms with Gasteiger partial charge in [0, 0.05) is 45.4 Å². The smallest absolute Gasteiger partial charge is 0.243 e. The maximum atomic E-state index is 12.8. The van der Waals surface area contributed by atoms with E-state index in [1.165, 1.54) is 4.31 Å². The van der Waals surface area contributed by atoms with Gasteiger partial charge in [-0.2, -0.15) is 9.29 Å². The number of benzene rings is 1. The van der Waals surface area contributed by atoms with Crippen LogP contribution in [0.4, 0.5) is 0 Å². The fraction of sp³-hybridized carbons (Fsp3) is 0.591. The highest BCUT2D eigenvalue weighted by Crippen LogP contribution is 2.30. The summed E-state index contributed by atoms with van der Waals surface area (Å²) in [7, 11) is -3.46. The minimum absolute atomic E-state index is 0.104. The highest BCUT2D eigenvalue weighted by Gasteiger charge is 2.37. The van der Waals surface area contributed by atoms with E-state index in [0.29, 0.717) is 42.0 Å². The Morgan fingerprint density at radius 2 is 1.81 bits per heavy atom. The van der Waals surface area contributed by atoms with Crippen LogP contribution in [0.15, 0.2) is 33.7 Å². The van der Waals surface area contributed by atoms with Crippen molar-refractivity contribution in [3.8, 4) is 0 Å². The highest BCUT2D eigenvalue weighted by molar-refractivity contribution is 7.89. The molecule has 31 heavy (non-hydrogen) atoms. The molecular weight excluding hydrogens is 416 g/mol. The standard InChI is InChI=1S/C22H30N4O4S/c1-15(2)18-4-6-20(7-5-18)31(28,29)26-13-17(14-26)12-21-23-22(24-30-21)19-8-10-25(11-9-19)16(3)27/h4-7,15,17,19H,8-14H2,1-3H3. The van der Waals surface area contributed by atoms with Crippen LogP contribution in [-0.4, -0.2) is 59.8 Å². The van der Waals surface area contributed by atoms with Gasteiger partial charge in [-0.3, -0.25) is 4.79 Å². The molecule has 2 aliphatic heterocycles. The van der Waals surface area contributed by atoms with E-state index in [9.17, 15) is 13.2 Å². The second-order valence-corrected chi connectivity index (χ2v) is 10.9. The number of amides is 1. The number of sulfonamides is 1. The first kappa shape index (κ1) is 22.0. The number of piperidine rings is 1. The van der Waals surface area contributed by atoms with Gasteiger partial charge in [-0.05, 0) is 42.4 Å². The number of rotatable bonds is 6. The second-order valence-electron chi connectivity index (χ2n) is 8.94. The molecular formula is C22H30N4O4S. The molecule has 2 aliphatic rings. The summed E-state index contributed by atoms with van der Waals surface area (Å²) in [5.74, 6) is 2.12. The van der Waals surface area contributed by atoms with E-state index in [-0.39, 0.29) is 17.7 Å². The predicted molar refractivity (Wildman–Crippen MR) is 115 cm³/mol. The molecule has 0 radical (unpaired) electrons. The minimum atomic E-state index is -3.46. The molecule has 4 rings (SSSR count). The molecule has 1 aromatic heterocycles. The van der Waals surface area contributed by atoms with Crippen LogP contribution in [0.2, 0.25) is 0 Å². The lowest BCUT2D eigenvalue weighted by molar-refractivity contribution is -0.129. The molecule has 0 N–H and O–H groups in total. The summed E-state index contributed by atoms with van der Waals surface area (Å²) < 4.78 is 32.6. The number of aromatic nitrogens is 2. The van der Waals surface area contributed by atoms with Crippen molar-refractivity contribution in [2.24, 2.45) is 5.92 Å². The van der Waals surface area contributed by atoms with Crippen LogP contribution < -0.4 is 0 Å². The minimum Gasteiger partial charge on any atom is -0.343 e. The quantitative estimate of drug-likeness (QED) is 0.677. The summed E-state index contributed by atoms with van der Waals surface area (Å²) in [5.41, 5.74) is 1.12. The van der Waals surface area contributed by atoms with Gasteiger partial charge in [0.1, 0.15) is 0 Å². The normalized spacial score (nSPS) is 19.0. The lowest BCUT2D eigenvalue weighted by Crippen LogP contribution is -2.50. The van der Waals surface area contributed by atoms with E-state index in [1.807, 2.05) is 17.0 Å². The lowest BCUT2D eigenvalue weighted by Gasteiger charge is -2.37.